The van der Waals surface area contributed by atoms with Gasteiger partial charge >= 0.3 is 5.97 Å². The van der Waals surface area contributed by atoms with Crippen molar-refractivity contribution >= 4 is 5.97 Å². The molecular weight excluding hydrogens is 242 g/mol. The summed E-state index contributed by atoms with van der Waals surface area (Å²) in [7, 11) is 1.66. The van der Waals surface area contributed by atoms with Crippen molar-refractivity contribution in [3.8, 4) is 5.75 Å². The maximum atomic E-state index is 11.6. The molecule has 0 radical (unpaired) electrons. The highest BCUT2D eigenvalue weighted by atomic mass is 16.5. The summed E-state index contributed by atoms with van der Waals surface area (Å²) in [5.74, 6) is 0.718. The van der Waals surface area contributed by atoms with Gasteiger partial charge in [-0.25, -0.2) is 0 Å². The molecule has 0 spiro atoms. The highest BCUT2D eigenvalue weighted by Gasteiger charge is 2.30. The van der Waals surface area contributed by atoms with Crippen LogP contribution in [0, 0.1) is 0 Å². The van der Waals surface area contributed by atoms with E-state index in [4.69, 9.17) is 9.47 Å². The summed E-state index contributed by atoms with van der Waals surface area (Å²) < 4.78 is 10.2. The van der Waals surface area contributed by atoms with Crippen LogP contribution in [0.5, 0.6) is 5.75 Å². The Bertz CT molecular complexity index is 412. The number of benzene rings is 1. The number of carbonyl (C=O) groups excluding carboxylic acids is 1. The van der Waals surface area contributed by atoms with E-state index in [-0.39, 0.29) is 5.97 Å². The second-order valence-electron chi connectivity index (χ2n) is 4.79. The first-order valence-corrected chi connectivity index (χ1v) is 6.75. The molecule has 0 heterocycles. The van der Waals surface area contributed by atoms with E-state index in [0.717, 1.165) is 12.3 Å². The summed E-state index contributed by atoms with van der Waals surface area (Å²) in [5.41, 5.74) is 1.19. The van der Waals surface area contributed by atoms with E-state index in [1.54, 1.807) is 7.11 Å². The number of hydrogen-bond donors (Lipinski definition) is 0. The molecule has 1 aliphatic carbocycles. The zero-order valence-corrected chi connectivity index (χ0v) is 11.6. The van der Waals surface area contributed by atoms with Crippen molar-refractivity contribution in [1.82, 2.24) is 4.90 Å². The molecule has 104 valence electrons. The Morgan fingerprint density at radius 2 is 2.00 bits per heavy atom. The van der Waals surface area contributed by atoms with Crippen LogP contribution in [-0.4, -0.2) is 37.2 Å². The standard InChI is InChI=1S/C15H21NO3/c1-3-19-15(17)11-16(13-6-7-13)10-12-4-8-14(18-2)9-5-12/h4-5,8-9,13H,3,6-7,10-11H2,1-2H3. The minimum Gasteiger partial charge on any atom is -0.497 e. The van der Waals surface area contributed by atoms with Gasteiger partial charge in [0, 0.05) is 12.6 Å². The molecule has 0 N–H and O–H groups in total. The fourth-order valence-corrected chi connectivity index (χ4v) is 2.09. The highest BCUT2D eigenvalue weighted by Crippen LogP contribution is 2.28. The molecule has 2 rings (SSSR count). The molecule has 0 bridgehead atoms. The lowest BCUT2D eigenvalue weighted by atomic mass is 10.2. The van der Waals surface area contributed by atoms with Crippen molar-refractivity contribution in [2.45, 2.75) is 32.4 Å². The Balaban J connectivity index is 1.93. The van der Waals surface area contributed by atoms with Crippen molar-refractivity contribution in [3.05, 3.63) is 29.8 Å². The molecule has 1 aliphatic rings. The number of rotatable bonds is 7. The third kappa shape index (κ3) is 4.24. The summed E-state index contributed by atoms with van der Waals surface area (Å²) in [6.45, 7) is 3.45. The van der Waals surface area contributed by atoms with E-state index in [9.17, 15) is 4.79 Å². The minimum absolute atomic E-state index is 0.136. The average Bonchev–Trinajstić information content (AvgIpc) is 3.23. The predicted octanol–water partition coefficient (Wildman–Crippen LogP) is 2.22. The third-order valence-corrected chi connectivity index (χ3v) is 3.25. The van der Waals surface area contributed by atoms with Gasteiger partial charge in [-0.2, -0.15) is 0 Å². The number of hydrogen-bond acceptors (Lipinski definition) is 4. The second kappa shape index (κ2) is 6.57. The monoisotopic (exact) mass is 263 g/mol. The SMILES string of the molecule is CCOC(=O)CN(Cc1ccc(OC)cc1)C1CC1. The van der Waals surface area contributed by atoms with Crippen LogP contribution < -0.4 is 4.74 Å². The zero-order valence-electron chi connectivity index (χ0n) is 11.6. The van der Waals surface area contributed by atoms with Crippen molar-refractivity contribution < 1.29 is 14.3 Å². The third-order valence-electron chi connectivity index (χ3n) is 3.25. The van der Waals surface area contributed by atoms with Gasteiger partial charge in [0.1, 0.15) is 5.75 Å². The molecular formula is C15H21NO3. The normalized spacial score (nSPS) is 14.5. The van der Waals surface area contributed by atoms with E-state index in [1.807, 2.05) is 31.2 Å². The van der Waals surface area contributed by atoms with Crippen LogP contribution in [0.25, 0.3) is 0 Å². The van der Waals surface area contributed by atoms with Crippen molar-refractivity contribution in [3.63, 3.8) is 0 Å². The fraction of sp³-hybridized carbons (Fsp3) is 0.533. The molecule has 0 amide bonds. The number of methoxy groups -OCH3 is 1. The maximum absolute atomic E-state index is 11.6. The van der Waals surface area contributed by atoms with Crippen molar-refractivity contribution in [2.75, 3.05) is 20.3 Å². The predicted molar refractivity (Wildman–Crippen MR) is 73.1 cm³/mol. The molecule has 19 heavy (non-hydrogen) atoms. The number of esters is 1. The van der Waals surface area contributed by atoms with E-state index in [0.29, 0.717) is 19.2 Å². The molecule has 1 aromatic carbocycles. The second-order valence-corrected chi connectivity index (χ2v) is 4.79. The Hall–Kier alpha value is -1.55. The molecule has 0 saturated heterocycles. The summed E-state index contributed by atoms with van der Waals surface area (Å²) in [4.78, 5) is 13.8. The smallest absolute Gasteiger partial charge is 0.320 e. The molecule has 4 heteroatoms. The number of nitrogens with zero attached hydrogens (tertiary/aromatic N) is 1. The van der Waals surface area contributed by atoms with Crippen LogP contribution in [0.3, 0.4) is 0 Å². The average molecular weight is 263 g/mol. The van der Waals surface area contributed by atoms with E-state index in [2.05, 4.69) is 4.90 Å². The van der Waals surface area contributed by atoms with Crippen LogP contribution in [0.1, 0.15) is 25.3 Å². The van der Waals surface area contributed by atoms with E-state index < -0.39 is 0 Å². The quantitative estimate of drug-likeness (QED) is 0.707. The van der Waals surface area contributed by atoms with E-state index >= 15 is 0 Å². The Kier molecular flexibility index (Phi) is 4.80. The largest absolute Gasteiger partial charge is 0.497 e. The Labute approximate surface area is 114 Å². The molecule has 0 unspecified atom stereocenters. The molecule has 0 aliphatic heterocycles. The highest BCUT2D eigenvalue weighted by molar-refractivity contribution is 5.71. The topological polar surface area (TPSA) is 38.8 Å². The van der Waals surface area contributed by atoms with Crippen LogP contribution in [0.15, 0.2) is 24.3 Å². The minimum atomic E-state index is -0.136. The van der Waals surface area contributed by atoms with Gasteiger partial charge < -0.3 is 9.47 Å². The molecule has 1 fully saturated rings. The van der Waals surface area contributed by atoms with E-state index in [1.165, 1.54) is 18.4 Å². The lowest BCUT2D eigenvalue weighted by molar-refractivity contribution is -0.144. The summed E-state index contributed by atoms with van der Waals surface area (Å²) in [5, 5.41) is 0. The lowest BCUT2D eigenvalue weighted by Crippen LogP contribution is -2.32. The Morgan fingerprint density at radius 3 is 2.53 bits per heavy atom. The fourth-order valence-electron chi connectivity index (χ4n) is 2.09. The van der Waals surface area contributed by atoms with Gasteiger partial charge in [-0.15, -0.1) is 0 Å². The molecule has 1 aromatic rings. The summed E-state index contributed by atoms with van der Waals surface area (Å²) in [6, 6.07) is 8.51. The number of ether oxygens (including phenoxy) is 2. The van der Waals surface area contributed by atoms with Gasteiger partial charge in [-0.05, 0) is 37.5 Å². The van der Waals surface area contributed by atoms with Crippen LogP contribution in [0.4, 0.5) is 0 Å². The first-order valence-electron chi connectivity index (χ1n) is 6.75. The summed E-state index contributed by atoms with van der Waals surface area (Å²) in [6.07, 6.45) is 2.35. The number of carbonyl (C=O) groups is 1. The van der Waals surface area contributed by atoms with Gasteiger partial charge in [0.15, 0.2) is 0 Å². The summed E-state index contributed by atoms with van der Waals surface area (Å²) >= 11 is 0. The maximum Gasteiger partial charge on any atom is 0.320 e. The van der Waals surface area contributed by atoms with Crippen molar-refractivity contribution in [2.24, 2.45) is 0 Å². The van der Waals surface area contributed by atoms with Crippen molar-refractivity contribution in [1.29, 1.82) is 0 Å². The van der Waals surface area contributed by atoms with Crippen LogP contribution >= 0.6 is 0 Å². The van der Waals surface area contributed by atoms with Gasteiger partial charge in [-0.3, -0.25) is 9.69 Å². The van der Waals surface area contributed by atoms with Gasteiger partial charge in [0.2, 0.25) is 0 Å². The molecule has 0 aromatic heterocycles. The Morgan fingerprint density at radius 1 is 1.32 bits per heavy atom. The van der Waals surface area contributed by atoms with Crippen LogP contribution in [0.2, 0.25) is 0 Å². The van der Waals surface area contributed by atoms with Crippen LogP contribution in [-0.2, 0) is 16.1 Å². The van der Waals surface area contributed by atoms with Gasteiger partial charge in [0.05, 0.1) is 20.3 Å². The van der Waals surface area contributed by atoms with Gasteiger partial charge in [0.25, 0.3) is 0 Å². The lowest BCUT2D eigenvalue weighted by Gasteiger charge is -2.21. The molecule has 0 atom stereocenters. The zero-order chi connectivity index (χ0) is 13.7. The first-order chi connectivity index (χ1) is 9.22. The van der Waals surface area contributed by atoms with Gasteiger partial charge in [-0.1, -0.05) is 12.1 Å². The molecule has 1 saturated carbocycles. The first kappa shape index (κ1) is 13.9. The molecule has 4 nitrogen and oxygen atoms in total.